The number of ether oxygens (including phenoxy) is 1. The van der Waals surface area contributed by atoms with Crippen LogP contribution in [0.4, 0.5) is 8.78 Å². The van der Waals surface area contributed by atoms with Gasteiger partial charge in [-0.2, -0.15) is 0 Å². The maximum absolute atomic E-state index is 14.0. The quantitative estimate of drug-likeness (QED) is 0.667. The molecule has 0 amide bonds. The molecule has 3 aromatic rings. The van der Waals surface area contributed by atoms with Gasteiger partial charge >= 0.3 is 5.92 Å². The molecule has 6 heteroatoms. The molecular weight excluding hydrogens is 382 g/mol. The first kappa shape index (κ1) is 19.5. The van der Waals surface area contributed by atoms with Crippen LogP contribution in [0, 0.1) is 6.92 Å². The van der Waals surface area contributed by atoms with E-state index in [9.17, 15) is 19.0 Å². The summed E-state index contributed by atoms with van der Waals surface area (Å²) in [5, 5.41) is 20.3. The van der Waals surface area contributed by atoms with Gasteiger partial charge in [-0.05, 0) is 41.1 Å². The molecule has 0 radical (unpaired) electrons. The zero-order chi connectivity index (χ0) is 19.9. The third-order valence-electron chi connectivity index (χ3n) is 5.39. The van der Waals surface area contributed by atoms with Gasteiger partial charge in [0.25, 0.3) is 0 Å². The molecule has 3 atom stereocenters. The van der Waals surface area contributed by atoms with E-state index in [1.807, 2.05) is 37.3 Å². The number of halogens is 2. The summed E-state index contributed by atoms with van der Waals surface area (Å²) in [5.41, 5.74) is 2.95. The second kappa shape index (κ2) is 7.52. The van der Waals surface area contributed by atoms with Crippen molar-refractivity contribution in [1.29, 1.82) is 0 Å². The fourth-order valence-corrected chi connectivity index (χ4v) is 4.78. The minimum atomic E-state index is -3.45. The van der Waals surface area contributed by atoms with Gasteiger partial charge in [0.05, 0.1) is 12.7 Å². The number of rotatable bonds is 4. The lowest BCUT2D eigenvalue weighted by atomic mass is 9.91. The molecule has 28 heavy (non-hydrogen) atoms. The number of hydrogen-bond acceptors (Lipinski definition) is 4. The molecule has 2 heterocycles. The van der Waals surface area contributed by atoms with E-state index in [2.05, 4.69) is 18.2 Å². The van der Waals surface area contributed by atoms with Crippen molar-refractivity contribution in [1.82, 2.24) is 0 Å². The smallest absolute Gasteiger partial charge is 0.301 e. The van der Waals surface area contributed by atoms with E-state index in [0.29, 0.717) is 0 Å². The van der Waals surface area contributed by atoms with Gasteiger partial charge in [-0.1, -0.05) is 36.4 Å². The molecule has 1 aromatic heterocycles. The van der Waals surface area contributed by atoms with Crippen LogP contribution in [-0.2, 0) is 11.2 Å². The average Bonchev–Trinajstić information content (AvgIpc) is 3.08. The van der Waals surface area contributed by atoms with Crippen molar-refractivity contribution in [2.75, 3.05) is 6.61 Å². The molecule has 2 N–H and O–H groups in total. The monoisotopic (exact) mass is 404 g/mol. The van der Waals surface area contributed by atoms with E-state index in [1.165, 1.54) is 15.0 Å². The van der Waals surface area contributed by atoms with Crippen LogP contribution in [0.25, 0.3) is 10.1 Å². The fourth-order valence-electron chi connectivity index (χ4n) is 3.69. The lowest BCUT2D eigenvalue weighted by Crippen LogP contribution is -2.53. The molecule has 0 saturated carbocycles. The van der Waals surface area contributed by atoms with Gasteiger partial charge in [0.2, 0.25) is 0 Å². The minimum Gasteiger partial charge on any atom is -0.393 e. The summed E-state index contributed by atoms with van der Waals surface area (Å²) in [6.07, 6.45) is -3.67. The Hall–Kier alpha value is -1.86. The Balaban J connectivity index is 1.60. The lowest BCUT2D eigenvalue weighted by Gasteiger charge is -2.39. The lowest BCUT2D eigenvalue weighted by molar-refractivity contribution is -0.259. The van der Waals surface area contributed by atoms with E-state index in [0.717, 1.165) is 23.1 Å². The van der Waals surface area contributed by atoms with Gasteiger partial charge < -0.3 is 14.9 Å². The Bertz CT molecular complexity index is 952. The predicted octanol–water partition coefficient (Wildman–Crippen LogP) is 4.62. The Morgan fingerprint density at radius 1 is 1.18 bits per heavy atom. The van der Waals surface area contributed by atoms with Crippen molar-refractivity contribution in [3.8, 4) is 0 Å². The summed E-state index contributed by atoms with van der Waals surface area (Å²) in [6, 6.07) is 16.2. The Morgan fingerprint density at radius 3 is 2.71 bits per heavy atom. The molecule has 0 spiro atoms. The molecule has 0 aliphatic carbocycles. The highest BCUT2D eigenvalue weighted by molar-refractivity contribution is 7.19. The number of fused-ring (bicyclic) bond motifs is 1. The van der Waals surface area contributed by atoms with E-state index >= 15 is 0 Å². The topological polar surface area (TPSA) is 49.7 Å². The van der Waals surface area contributed by atoms with Crippen LogP contribution < -0.4 is 0 Å². The van der Waals surface area contributed by atoms with Crippen LogP contribution in [0.3, 0.4) is 0 Å². The van der Waals surface area contributed by atoms with Crippen molar-refractivity contribution in [2.24, 2.45) is 0 Å². The third-order valence-corrected chi connectivity index (χ3v) is 6.51. The third kappa shape index (κ3) is 3.57. The highest BCUT2D eigenvalue weighted by atomic mass is 32.1. The number of hydrogen-bond donors (Lipinski definition) is 2. The second-order valence-corrected chi connectivity index (χ2v) is 8.50. The van der Waals surface area contributed by atoms with Gasteiger partial charge in [-0.3, -0.25) is 0 Å². The standard InChI is InChI=1S/C22H22F2O3S/c1-13-6-7-14(18-11-20(26)22(23,24)21(12-25)27-18)8-16(13)10-17-9-15-4-2-3-5-19(15)28-17/h2-9,18,20-21,25-26H,10-12H2,1H3. The molecule has 1 aliphatic rings. The zero-order valence-corrected chi connectivity index (χ0v) is 16.3. The molecule has 1 saturated heterocycles. The maximum atomic E-state index is 14.0. The molecule has 3 nitrogen and oxygen atoms in total. The summed E-state index contributed by atoms with van der Waals surface area (Å²) < 4.78 is 34.6. The highest BCUT2D eigenvalue weighted by Gasteiger charge is 2.52. The first-order valence-corrected chi connectivity index (χ1v) is 10.1. The van der Waals surface area contributed by atoms with Gasteiger partial charge in [0, 0.05) is 22.4 Å². The van der Waals surface area contributed by atoms with Crippen LogP contribution in [0.5, 0.6) is 0 Å². The number of aliphatic hydroxyl groups is 2. The van der Waals surface area contributed by atoms with Gasteiger partial charge in [0.1, 0.15) is 12.2 Å². The molecule has 2 aromatic carbocycles. The SMILES string of the molecule is Cc1ccc(C2CC(O)C(F)(F)C(CO)O2)cc1Cc1cc2ccccc2s1. The Labute approximate surface area is 166 Å². The van der Waals surface area contributed by atoms with Gasteiger partial charge in [0.15, 0.2) is 0 Å². The molecule has 3 unspecified atom stereocenters. The number of alkyl halides is 2. The zero-order valence-electron chi connectivity index (χ0n) is 15.4. The minimum absolute atomic E-state index is 0.200. The molecule has 148 valence electrons. The van der Waals surface area contributed by atoms with Gasteiger partial charge in [-0.25, -0.2) is 8.78 Å². The van der Waals surface area contributed by atoms with Crippen molar-refractivity contribution >= 4 is 21.4 Å². The van der Waals surface area contributed by atoms with Crippen molar-refractivity contribution in [2.45, 2.75) is 44.0 Å². The molecule has 1 fully saturated rings. The van der Waals surface area contributed by atoms with Crippen LogP contribution in [0.1, 0.15) is 34.1 Å². The summed E-state index contributed by atoms with van der Waals surface area (Å²) in [6.45, 7) is 1.19. The van der Waals surface area contributed by atoms with E-state index in [-0.39, 0.29) is 6.42 Å². The summed E-state index contributed by atoms with van der Waals surface area (Å²) in [4.78, 5) is 1.23. The molecule has 1 aliphatic heterocycles. The van der Waals surface area contributed by atoms with E-state index in [1.54, 1.807) is 11.3 Å². The van der Waals surface area contributed by atoms with Crippen molar-refractivity contribution in [3.63, 3.8) is 0 Å². The molecular formula is C22H22F2O3S. The first-order valence-electron chi connectivity index (χ1n) is 9.27. The largest absolute Gasteiger partial charge is 0.393 e. The van der Waals surface area contributed by atoms with Crippen LogP contribution in [0.15, 0.2) is 48.5 Å². The Kier molecular flexibility index (Phi) is 5.22. The van der Waals surface area contributed by atoms with E-state index in [4.69, 9.17) is 4.74 Å². The predicted molar refractivity (Wildman–Crippen MR) is 106 cm³/mol. The fraction of sp³-hybridized carbons (Fsp3) is 0.364. The highest BCUT2D eigenvalue weighted by Crippen LogP contribution is 2.41. The van der Waals surface area contributed by atoms with Crippen LogP contribution in [0.2, 0.25) is 0 Å². The average molecular weight is 404 g/mol. The molecule has 4 rings (SSSR count). The maximum Gasteiger partial charge on any atom is 0.301 e. The van der Waals surface area contributed by atoms with E-state index < -0.39 is 30.8 Å². The number of aryl methyl sites for hydroxylation is 1. The van der Waals surface area contributed by atoms with Crippen molar-refractivity contribution < 1.29 is 23.7 Å². The summed E-state index contributed by atoms with van der Waals surface area (Å²) >= 11 is 1.74. The van der Waals surface area contributed by atoms with Crippen LogP contribution in [-0.4, -0.2) is 35.0 Å². The Morgan fingerprint density at radius 2 is 1.96 bits per heavy atom. The normalized spacial score (nSPS) is 24.5. The number of benzene rings is 2. The first-order chi connectivity index (χ1) is 13.4. The number of aliphatic hydroxyl groups excluding tert-OH is 2. The number of thiophene rings is 1. The summed E-state index contributed by atoms with van der Waals surface area (Å²) in [5.74, 6) is -3.45. The summed E-state index contributed by atoms with van der Waals surface area (Å²) in [7, 11) is 0. The second-order valence-electron chi connectivity index (χ2n) is 7.34. The van der Waals surface area contributed by atoms with Crippen molar-refractivity contribution in [3.05, 3.63) is 70.1 Å². The van der Waals surface area contributed by atoms with Gasteiger partial charge in [-0.15, -0.1) is 11.3 Å². The molecule has 0 bridgehead atoms. The van der Waals surface area contributed by atoms with Crippen LogP contribution >= 0.6 is 11.3 Å².